The number of carbonyl (C=O) groups excluding carboxylic acids is 2. The first-order valence-corrected chi connectivity index (χ1v) is 17.6. The first-order chi connectivity index (χ1) is 23.1. The van der Waals surface area contributed by atoms with Crippen LogP contribution in [0.4, 0.5) is 5.69 Å². The highest BCUT2D eigenvalue weighted by molar-refractivity contribution is 7.92. The van der Waals surface area contributed by atoms with Gasteiger partial charge >= 0.3 is 0 Å². The fourth-order valence-corrected chi connectivity index (χ4v) is 6.88. The van der Waals surface area contributed by atoms with Gasteiger partial charge in [-0.1, -0.05) is 91.1 Å². The van der Waals surface area contributed by atoms with E-state index in [1.54, 1.807) is 48.5 Å². The molecule has 0 fully saturated rings. The smallest absolute Gasteiger partial charge is 0.264 e. The average Bonchev–Trinajstić information content (AvgIpc) is 3.10. The summed E-state index contributed by atoms with van der Waals surface area (Å²) in [5.41, 5.74) is 1.52. The molecule has 0 aliphatic carbocycles. The Morgan fingerprint density at radius 2 is 1.52 bits per heavy atom. The summed E-state index contributed by atoms with van der Waals surface area (Å²) >= 11 is 12.6. The molecule has 0 heterocycles. The largest absolute Gasteiger partial charge is 0.497 e. The van der Waals surface area contributed by atoms with E-state index >= 15 is 0 Å². The van der Waals surface area contributed by atoms with Crippen molar-refractivity contribution in [3.8, 4) is 11.5 Å². The van der Waals surface area contributed by atoms with Crippen LogP contribution in [0.2, 0.25) is 10.0 Å². The minimum Gasteiger partial charge on any atom is -0.497 e. The second-order valence-corrected chi connectivity index (χ2v) is 13.7. The lowest BCUT2D eigenvalue weighted by Crippen LogP contribution is -2.53. The van der Waals surface area contributed by atoms with Crippen molar-refractivity contribution in [2.75, 3.05) is 31.6 Å². The number of benzene rings is 4. The summed E-state index contributed by atoms with van der Waals surface area (Å²) in [6, 6.07) is 25.8. The van der Waals surface area contributed by atoms with E-state index in [0.717, 1.165) is 22.7 Å². The Balaban J connectivity index is 1.86. The number of sulfonamides is 1. The highest BCUT2D eigenvalue weighted by Crippen LogP contribution is 2.36. The number of ether oxygens (including phenoxy) is 2. The predicted octanol–water partition coefficient (Wildman–Crippen LogP) is 6.76. The molecule has 4 aromatic carbocycles. The van der Waals surface area contributed by atoms with Crippen LogP contribution < -0.4 is 19.1 Å². The molecule has 0 aliphatic heterocycles. The number of hydrogen-bond donors (Lipinski definition) is 1. The Morgan fingerprint density at radius 3 is 2.15 bits per heavy atom. The third kappa shape index (κ3) is 9.21. The van der Waals surface area contributed by atoms with Gasteiger partial charge in [0.1, 0.15) is 24.1 Å². The number of amides is 2. The lowest BCUT2D eigenvalue weighted by molar-refractivity contribution is -0.140. The van der Waals surface area contributed by atoms with Gasteiger partial charge in [-0.25, -0.2) is 8.42 Å². The minimum absolute atomic E-state index is 0.0307. The summed E-state index contributed by atoms with van der Waals surface area (Å²) in [4.78, 5) is 30.0. The van der Waals surface area contributed by atoms with Gasteiger partial charge in [-0.15, -0.1) is 0 Å². The standard InChI is InChI=1S/C36H39Cl2N3O6S/c1-4-5-20-39-36(43)33(22-26-12-8-6-9-13-26)40(24-27-16-18-30(37)31(38)21-27)35(42)25-41(48(44,45)29-14-10-7-11-15-29)32-23-28(46-2)17-19-34(32)47-3/h6-19,21,23,33H,4-5,20,22,24-25H2,1-3H3,(H,39,43)/t33-/m0/s1. The topological polar surface area (TPSA) is 105 Å². The van der Waals surface area contributed by atoms with Gasteiger partial charge in [-0.2, -0.15) is 0 Å². The second-order valence-electron chi connectivity index (χ2n) is 11.0. The lowest BCUT2D eigenvalue weighted by Gasteiger charge is -2.34. The molecular formula is C36H39Cl2N3O6S. The zero-order valence-electron chi connectivity index (χ0n) is 27.1. The summed E-state index contributed by atoms with van der Waals surface area (Å²) in [7, 11) is -1.47. The maximum absolute atomic E-state index is 14.7. The first kappa shape index (κ1) is 36.6. The molecule has 4 aromatic rings. The highest BCUT2D eigenvalue weighted by atomic mass is 35.5. The summed E-state index contributed by atoms with van der Waals surface area (Å²) in [5, 5.41) is 3.59. The predicted molar refractivity (Wildman–Crippen MR) is 189 cm³/mol. The van der Waals surface area contributed by atoms with Crippen molar-refractivity contribution < 1.29 is 27.5 Å². The van der Waals surface area contributed by atoms with Gasteiger partial charge in [0.25, 0.3) is 10.0 Å². The van der Waals surface area contributed by atoms with Gasteiger partial charge in [0, 0.05) is 25.6 Å². The Hall–Kier alpha value is -4.25. The third-order valence-electron chi connectivity index (χ3n) is 7.70. The monoisotopic (exact) mass is 711 g/mol. The zero-order chi connectivity index (χ0) is 34.7. The van der Waals surface area contributed by atoms with Crippen LogP contribution >= 0.6 is 23.2 Å². The minimum atomic E-state index is -4.34. The molecule has 2 amide bonds. The molecule has 0 spiro atoms. The van der Waals surface area contributed by atoms with E-state index in [0.29, 0.717) is 22.9 Å². The van der Waals surface area contributed by atoms with Gasteiger partial charge in [-0.3, -0.25) is 13.9 Å². The van der Waals surface area contributed by atoms with Crippen LogP contribution in [-0.4, -0.2) is 58.5 Å². The Labute approximate surface area is 292 Å². The van der Waals surface area contributed by atoms with Crippen LogP contribution in [0.3, 0.4) is 0 Å². The van der Waals surface area contributed by atoms with Crippen molar-refractivity contribution in [3.63, 3.8) is 0 Å². The molecule has 0 bridgehead atoms. The van der Waals surface area contributed by atoms with Crippen LogP contribution in [0, 0.1) is 0 Å². The number of methoxy groups -OCH3 is 2. The molecule has 0 unspecified atom stereocenters. The first-order valence-electron chi connectivity index (χ1n) is 15.4. The quantitative estimate of drug-likeness (QED) is 0.129. The molecule has 254 valence electrons. The Kier molecular flexibility index (Phi) is 13.1. The fourth-order valence-electron chi connectivity index (χ4n) is 5.12. The number of carbonyl (C=O) groups is 2. The van der Waals surface area contributed by atoms with Gasteiger partial charge in [0.2, 0.25) is 11.8 Å². The molecule has 9 nitrogen and oxygen atoms in total. The maximum atomic E-state index is 14.7. The lowest BCUT2D eigenvalue weighted by atomic mass is 10.0. The maximum Gasteiger partial charge on any atom is 0.264 e. The summed E-state index contributed by atoms with van der Waals surface area (Å²) in [5.74, 6) is -0.428. The van der Waals surface area contributed by atoms with E-state index in [1.807, 2.05) is 37.3 Å². The van der Waals surface area contributed by atoms with Gasteiger partial charge in [0.05, 0.1) is 34.8 Å². The van der Waals surface area contributed by atoms with E-state index in [-0.39, 0.29) is 40.2 Å². The van der Waals surface area contributed by atoms with Crippen LogP contribution in [0.15, 0.2) is 102 Å². The van der Waals surface area contributed by atoms with Crippen molar-refractivity contribution in [3.05, 3.63) is 118 Å². The number of halogens is 2. The Morgan fingerprint density at radius 1 is 0.833 bits per heavy atom. The van der Waals surface area contributed by atoms with Crippen LogP contribution in [-0.2, 0) is 32.6 Å². The van der Waals surface area contributed by atoms with E-state index in [2.05, 4.69) is 5.32 Å². The van der Waals surface area contributed by atoms with Crippen molar-refractivity contribution in [2.45, 2.75) is 43.7 Å². The number of rotatable bonds is 16. The molecule has 0 radical (unpaired) electrons. The van der Waals surface area contributed by atoms with Crippen LogP contribution in [0.25, 0.3) is 0 Å². The molecule has 0 saturated carbocycles. The van der Waals surface area contributed by atoms with E-state index in [1.165, 1.54) is 37.3 Å². The third-order valence-corrected chi connectivity index (χ3v) is 10.2. The van der Waals surface area contributed by atoms with E-state index in [9.17, 15) is 18.0 Å². The number of nitrogens with zero attached hydrogens (tertiary/aromatic N) is 2. The van der Waals surface area contributed by atoms with Crippen LogP contribution in [0.1, 0.15) is 30.9 Å². The number of hydrogen-bond acceptors (Lipinski definition) is 6. The fraction of sp³-hybridized carbons (Fsp3) is 0.278. The van der Waals surface area contributed by atoms with Crippen molar-refractivity contribution in [1.82, 2.24) is 10.2 Å². The second kappa shape index (κ2) is 17.2. The summed E-state index contributed by atoms with van der Waals surface area (Å²) in [6.07, 6.45) is 1.80. The average molecular weight is 713 g/mol. The number of unbranched alkanes of at least 4 members (excludes halogenated alkanes) is 1. The number of anilines is 1. The highest BCUT2D eigenvalue weighted by Gasteiger charge is 2.35. The van der Waals surface area contributed by atoms with Crippen molar-refractivity contribution in [1.29, 1.82) is 0 Å². The van der Waals surface area contributed by atoms with E-state index < -0.39 is 28.5 Å². The molecular weight excluding hydrogens is 673 g/mol. The van der Waals surface area contributed by atoms with Crippen molar-refractivity contribution in [2.24, 2.45) is 0 Å². The molecule has 1 N–H and O–H groups in total. The summed E-state index contributed by atoms with van der Waals surface area (Å²) < 4.78 is 40.6. The molecule has 12 heteroatoms. The van der Waals surface area contributed by atoms with Gasteiger partial charge in [-0.05, 0) is 53.9 Å². The van der Waals surface area contributed by atoms with Crippen molar-refractivity contribution >= 4 is 50.7 Å². The van der Waals surface area contributed by atoms with Gasteiger partial charge < -0.3 is 19.7 Å². The van der Waals surface area contributed by atoms with Crippen LogP contribution in [0.5, 0.6) is 11.5 Å². The zero-order valence-corrected chi connectivity index (χ0v) is 29.4. The molecule has 0 saturated heterocycles. The van der Waals surface area contributed by atoms with Gasteiger partial charge in [0.15, 0.2) is 0 Å². The molecule has 4 rings (SSSR count). The SMILES string of the molecule is CCCCNC(=O)[C@H](Cc1ccccc1)N(Cc1ccc(Cl)c(Cl)c1)C(=O)CN(c1cc(OC)ccc1OC)S(=O)(=O)c1ccccc1. The molecule has 1 atom stereocenters. The van der Waals surface area contributed by atoms with E-state index in [4.69, 9.17) is 32.7 Å². The summed E-state index contributed by atoms with van der Waals surface area (Å²) in [6.45, 7) is 1.73. The Bertz CT molecular complexity index is 1790. The number of nitrogens with one attached hydrogen (secondary N) is 1. The molecule has 48 heavy (non-hydrogen) atoms. The molecule has 0 aromatic heterocycles. The normalized spacial score (nSPS) is 11.8. The molecule has 0 aliphatic rings.